The van der Waals surface area contributed by atoms with Crippen LogP contribution in [0.5, 0.6) is 0 Å². The second-order valence-corrected chi connectivity index (χ2v) is 4.05. The summed E-state index contributed by atoms with van der Waals surface area (Å²) in [4.78, 5) is 21.6. The van der Waals surface area contributed by atoms with Crippen LogP contribution in [0.25, 0.3) is 0 Å². The highest BCUT2D eigenvalue weighted by molar-refractivity contribution is 7.17. The van der Waals surface area contributed by atoms with Crippen LogP contribution in [-0.4, -0.2) is 42.3 Å². The maximum absolute atomic E-state index is 11.5. The molecular weight excluding hydrogens is 248 g/mol. The number of hydrogen-bond acceptors (Lipinski definition) is 6. The quantitative estimate of drug-likeness (QED) is 0.419. The van der Waals surface area contributed by atoms with E-state index in [0.29, 0.717) is 18.0 Å². The summed E-state index contributed by atoms with van der Waals surface area (Å²) < 4.78 is 4.94. The Morgan fingerprint density at radius 2 is 2.29 bits per heavy atom. The third-order valence-electron chi connectivity index (χ3n) is 1.76. The van der Waals surface area contributed by atoms with E-state index < -0.39 is 4.92 Å². The molecule has 0 atom stereocenters. The minimum atomic E-state index is -0.536. The van der Waals surface area contributed by atoms with Gasteiger partial charge in [0.25, 0.3) is 5.91 Å². The lowest BCUT2D eigenvalue weighted by molar-refractivity contribution is -0.380. The molecule has 1 aromatic heterocycles. The smallest absolute Gasteiger partial charge is 0.324 e. The van der Waals surface area contributed by atoms with Gasteiger partial charge in [0.05, 0.1) is 29.6 Å². The Balaban J connectivity index is 2.34. The molecule has 0 fully saturated rings. The van der Waals surface area contributed by atoms with E-state index in [1.54, 1.807) is 0 Å². The lowest BCUT2D eigenvalue weighted by Crippen LogP contribution is -2.26. The molecule has 0 radical (unpaired) electrons. The monoisotopic (exact) mass is 260 g/mol. The first-order valence-corrected chi connectivity index (χ1v) is 5.68. The molecule has 1 heterocycles. The van der Waals surface area contributed by atoms with E-state index in [9.17, 15) is 14.9 Å². The molecule has 0 spiro atoms. The Morgan fingerprint density at radius 3 is 2.88 bits per heavy atom. The molecule has 0 aliphatic rings. The van der Waals surface area contributed by atoms with Gasteiger partial charge < -0.3 is 15.2 Å². The number of rotatable bonds is 7. The number of amides is 1. The van der Waals surface area contributed by atoms with E-state index in [1.165, 1.54) is 12.1 Å². The number of ether oxygens (including phenoxy) is 1. The molecule has 1 aromatic rings. The Hall–Kier alpha value is -1.51. The van der Waals surface area contributed by atoms with E-state index in [4.69, 9.17) is 9.84 Å². The van der Waals surface area contributed by atoms with Gasteiger partial charge in [-0.05, 0) is 6.07 Å². The van der Waals surface area contributed by atoms with Crippen molar-refractivity contribution in [3.8, 4) is 0 Å². The van der Waals surface area contributed by atoms with Crippen molar-refractivity contribution < 1.29 is 19.6 Å². The molecule has 1 rings (SSSR count). The minimum Gasteiger partial charge on any atom is -0.394 e. The van der Waals surface area contributed by atoms with Gasteiger partial charge >= 0.3 is 5.00 Å². The summed E-state index contributed by atoms with van der Waals surface area (Å²) in [5.74, 6) is -0.365. The minimum absolute atomic E-state index is 0.0633. The van der Waals surface area contributed by atoms with Crippen molar-refractivity contribution in [3.63, 3.8) is 0 Å². The highest BCUT2D eigenvalue weighted by Gasteiger charge is 2.14. The number of nitrogens with one attached hydrogen (secondary N) is 1. The molecule has 0 aliphatic heterocycles. The van der Waals surface area contributed by atoms with Crippen LogP contribution in [0.4, 0.5) is 5.00 Å². The number of nitro groups is 1. The standard InChI is InChI=1S/C9H12N2O5S/c12-4-6-16-5-3-10-9(13)7-1-2-8(17-7)11(14)15/h1-2,12H,3-6H2,(H,10,13). The van der Waals surface area contributed by atoms with Crippen molar-refractivity contribution in [2.45, 2.75) is 0 Å². The summed E-state index contributed by atoms with van der Waals surface area (Å²) in [5.41, 5.74) is 0. The average molecular weight is 260 g/mol. The first kappa shape index (κ1) is 13.6. The number of aliphatic hydroxyl groups is 1. The zero-order chi connectivity index (χ0) is 12.7. The van der Waals surface area contributed by atoms with Crippen LogP contribution in [0.15, 0.2) is 12.1 Å². The lowest BCUT2D eigenvalue weighted by atomic mass is 10.4. The lowest BCUT2D eigenvalue weighted by Gasteiger charge is -2.03. The van der Waals surface area contributed by atoms with E-state index >= 15 is 0 Å². The number of carbonyl (C=O) groups is 1. The fraction of sp³-hybridized carbons (Fsp3) is 0.444. The maximum Gasteiger partial charge on any atom is 0.324 e. The Bertz CT molecular complexity index is 392. The normalized spacial score (nSPS) is 10.2. The van der Waals surface area contributed by atoms with Gasteiger partial charge in [-0.1, -0.05) is 11.3 Å². The van der Waals surface area contributed by atoms with Gasteiger partial charge in [0.2, 0.25) is 0 Å². The summed E-state index contributed by atoms with van der Waals surface area (Å²) in [7, 11) is 0. The maximum atomic E-state index is 11.5. The van der Waals surface area contributed by atoms with Gasteiger partial charge in [-0.2, -0.15) is 0 Å². The summed E-state index contributed by atoms with van der Waals surface area (Å²) in [6, 6.07) is 2.70. The van der Waals surface area contributed by atoms with Crippen LogP contribution in [0.3, 0.4) is 0 Å². The van der Waals surface area contributed by atoms with Gasteiger partial charge in [0.1, 0.15) is 0 Å². The second kappa shape index (κ2) is 6.94. The molecule has 0 saturated heterocycles. The highest BCUT2D eigenvalue weighted by atomic mass is 32.1. The van der Waals surface area contributed by atoms with Gasteiger partial charge in [0, 0.05) is 12.6 Å². The van der Waals surface area contributed by atoms with E-state index in [-0.39, 0.29) is 24.1 Å². The third-order valence-corrected chi connectivity index (χ3v) is 2.80. The molecular formula is C9H12N2O5S. The van der Waals surface area contributed by atoms with Crippen LogP contribution in [0, 0.1) is 10.1 Å². The molecule has 2 N–H and O–H groups in total. The second-order valence-electron chi connectivity index (χ2n) is 2.99. The fourth-order valence-electron chi connectivity index (χ4n) is 1.04. The summed E-state index contributed by atoms with van der Waals surface area (Å²) in [5, 5.41) is 21.3. The first-order valence-electron chi connectivity index (χ1n) is 4.86. The number of aliphatic hydroxyl groups excluding tert-OH is 1. The van der Waals surface area contributed by atoms with E-state index in [0.717, 1.165) is 11.3 Å². The largest absolute Gasteiger partial charge is 0.394 e. The molecule has 94 valence electrons. The summed E-state index contributed by atoms with van der Waals surface area (Å²) in [6.07, 6.45) is 0. The van der Waals surface area contributed by atoms with Gasteiger partial charge in [-0.15, -0.1) is 0 Å². The third kappa shape index (κ3) is 4.47. The molecule has 0 unspecified atom stereocenters. The fourth-order valence-corrected chi connectivity index (χ4v) is 1.78. The topological polar surface area (TPSA) is 102 Å². The molecule has 17 heavy (non-hydrogen) atoms. The molecule has 7 nitrogen and oxygen atoms in total. The molecule has 8 heteroatoms. The van der Waals surface area contributed by atoms with Crippen LogP contribution in [-0.2, 0) is 4.74 Å². The molecule has 1 amide bonds. The van der Waals surface area contributed by atoms with Crippen molar-refractivity contribution >= 4 is 22.2 Å². The average Bonchev–Trinajstić information content (AvgIpc) is 2.78. The highest BCUT2D eigenvalue weighted by Crippen LogP contribution is 2.23. The Labute approximate surface area is 101 Å². The summed E-state index contributed by atoms with van der Waals surface area (Å²) >= 11 is 0.825. The Kier molecular flexibility index (Phi) is 5.53. The van der Waals surface area contributed by atoms with E-state index in [1.807, 2.05) is 0 Å². The molecule has 0 aliphatic carbocycles. The number of nitrogens with zero attached hydrogens (tertiary/aromatic N) is 1. The molecule has 0 bridgehead atoms. The van der Waals surface area contributed by atoms with Crippen molar-refractivity contribution in [1.82, 2.24) is 5.32 Å². The van der Waals surface area contributed by atoms with Crippen molar-refractivity contribution in [3.05, 3.63) is 27.1 Å². The first-order chi connectivity index (χ1) is 8.15. The Morgan fingerprint density at radius 1 is 1.53 bits per heavy atom. The van der Waals surface area contributed by atoms with Gasteiger partial charge in [-0.25, -0.2) is 0 Å². The van der Waals surface area contributed by atoms with Crippen LogP contribution in [0.2, 0.25) is 0 Å². The predicted molar refractivity (Wildman–Crippen MR) is 61.2 cm³/mol. The van der Waals surface area contributed by atoms with Crippen LogP contribution >= 0.6 is 11.3 Å². The van der Waals surface area contributed by atoms with Crippen molar-refractivity contribution in [1.29, 1.82) is 0 Å². The zero-order valence-corrected chi connectivity index (χ0v) is 9.74. The number of carbonyl (C=O) groups excluding carboxylic acids is 1. The summed E-state index contributed by atoms with van der Waals surface area (Å²) in [6.45, 7) is 0.746. The van der Waals surface area contributed by atoms with Crippen LogP contribution in [0.1, 0.15) is 9.67 Å². The molecule has 0 saturated carbocycles. The number of hydrogen-bond donors (Lipinski definition) is 2. The molecule has 0 aromatic carbocycles. The van der Waals surface area contributed by atoms with Crippen molar-refractivity contribution in [2.75, 3.05) is 26.4 Å². The number of thiophene rings is 1. The predicted octanol–water partition coefficient (Wildman–Crippen LogP) is 0.395. The van der Waals surface area contributed by atoms with E-state index in [2.05, 4.69) is 5.32 Å². The van der Waals surface area contributed by atoms with Gasteiger partial charge in [0.15, 0.2) is 0 Å². The zero-order valence-electron chi connectivity index (χ0n) is 8.92. The van der Waals surface area contributed by atoms with Crippen LogP contribution < -0.4 is 5.32 Å². The van der Waals surface area contributed by atoms with Crippen molar-refractivity contribution in [2.24, 2.45) is 0 Å². The van der Waals surface area contributed by atoms with Gasteiger partial charge in [-0.3, -0.25) is 14.9 Å². The SMILES string of the molecule is O=C(NCCOCCO)c1ccc([N+](=O)[O-])s1.